The molecule has 1 rings (SSSR count). The quantitative estimate of drug-likeness (QED) is 0.322. The molecule has 0 saturated heterocycles. The van der Waals surface area contributed by atoms with Crippen molar-refractivity contribution in [3.05, 3.63) is 18.2 Å². The first-order valence-corrected chi connectivity index (χ1v) is 11.0. The van der Waals surface area contributed by atoms with Gasteiger partial charge >= 0.3 is 0 Å². The predicted molar refractivity (Wildman–Crippen MR) is 104 cm³/mol. The second-order valence-electron chi connectivity index (χ2n) is 5.92. The summed E-state index contributed by atoms with van der Waals surface area (Å²) in [4.78, 5) is 7.39. The summed E-state index contributed by atoms with van der Waals surface area (Å²) in [5.41, 5.74) is 0. The van der Waals surface area contributed by atoms with Crippen molar-refractivity contribution >= 4 is 8.58 Å². The fraction of sp³-hybridized carbons (Fsp3) is 0.842. The first-order chi connectivity index (χ1) is 10.8. The van der Waals surface area contributed by atoms with Crippen LogP contribution in [-0.4, -0.2) is 22.3 Å². The molecule has 0 amide bonds. The van der Waals surface area contributed by atoms with Crippen molar-refractivity contribution in [1.82, 2.24) is 9.97 Å². The SMILES string of the molecule is CCCCCCCCCCCCc1ncc[nH]1.CCPCC. The third-order valence-corrected chi connectivity index (χ3v) is 4.82. The van der Waals surface area contributed by atoms with Crippen molar-refractivity contribution in [1.29, 1.82) is 0 Å². The third kappa shape index (κ3) is 16.0. The van der Waals surface area contributed by atoms with Crippen LogP contribution < -0.4 is 0 Å². The summed E-state index contributed by atoms with van der Waals surface area (Å²) in [6, 6.07) is 0. The summed E-state index contributed by atoms with van der Waals surface area (Å²) in [5.74, 6) is 1.14. The summed E-state index contributed by atoms with van der Waals surface area (Å²) in [7, 11) is 1.20. The molecule has 1 N–H and O–H groups in total. The molecule has 1 aromatic rings. The van der Waals surface area contributed by atoms with Gasteiger partial charge in [0.2, 0.25) is 0 Å². The summed E-state index contributed by atoms with van der Waals surface area (Å²) in [6.45, 7) is 6.73. The van der Waals surface area contributed by atoms with Crippen LogP contribution in [0.25, 0.3) is 0 Å². The standard InChI is InChI=1S/C15H28N2.C4H11P/c1-2-3-4-5-6-7-8-9-10-11-12-15-16-13-14-17-15;1-3-5-4-2/h13-14H,2-12H2,1H3,(H,16,17);5H,3-4H2,1-2H3. The van der Waals surface area contributed by atoms with E-state index in [9.17, 15) is 0 Å². The molecule has 2 nitrogen and oxygen atoms in total. The molecule has 3 heteroatoms. The Morgan fingerprint density at radius 2 is 1.36 bits per heavy atom. The monoisotopic (exact) mass is 326 g/mol. The van der Waals surface area contributed by atoms with Gasteiger partial charge in [0, 0.05) is 18.8 Å². The number of nitrogens with one attached hydrogen (secondary N) is 1. The van der Waals surface area contributed by atoms with Crippen LogP contribution in [0.2, 0.25) is 0 Å². The topological polar surface area (TPSA) is 28.7 Å². The van der Waals surface area contributed by atoms with Gasteiger partial charge in [0.1, 0.15) is 5.82 Å². The molecule has 0 saturated carbocycles. The minimum Gasteiger partial charge on any atom is -0.349 e. The number of aromatic amines is 1. The maximum Gasteiger partial charge on any atom is 0.105 e. The molecule has 0 fully saturated rings. The van der Waals surface area contributed by atoms with Crippen LogP contribution in [-0.2, 0) is 6.42 Å². The molecule has 0 aliphatic carbocycles. The number of hydrogen-bond acceptors (Lipinski definition) is 1. The smallest absolute Gasteiger partial charge is 0.105 e. The minimum atomic E-state index is 1.11. The van der Waals surface area contributed by atoms with Gasteiger partial charge in [0.15, 0.2) is 0 Å². The second-order valence-corrected chi connectivity index (χ2v) is 7.84. The molecule has 0 bridgehead atoms. The molecular weight excluding hydrogens is 287 g/mol. The van der Waals surface area contributed by atoms with E-state index in [-0.39, 0.29) is 0 Å². The van der Waals surface area contributed by atoms with Crippen molar-refractivity contribution in [2.24, 2.45) is 0 Å². The van der Waals surface area contributed by atoms with Crippen LogP contribution in [0.3, 0.4) is 0 Å². The lowest BCUT2D eigenvalue weighted by atomic mass is 10.1. The molecule has 0 unspecified atom stereocenters. The van der Waals surface area contributed by atoms with Crippen molar-refractivity contribution in [3.63, 3.8) is 0 Å². The minimum absolute atomic E-state index is 1.11. The highest BCUT2D eigenvalue weighted by atomic mass is 31.1. The van der Waals surface area contributed by atoms with Crippen molar-refractivity contribution in [2.75, 3.05) is 12.3 Å². The fourth-order valence-corrected chi connectivity index (χ4v) is 2.96. The number of unbranched alkanes of at least 4 members (excludes halogenated alkanes) is 9. The molecule has 130 valence electrons. The average Bonchev–Trinajstić information content (AvgIpc) is 3.04. The Hall–Kier alpha value is -0.360. The van der Waals surface area contributed by atoms with Gasteiger partial charge in [-0.3, -0.25) is 0 Å². The Morgan fingerprint density at radius 1 is 0.818 bits per heavy atom. The van der Waals surface area contributed by atoms with Crippen LogP contribution in [0.5, 0.6) is 0 Å². The van der Waals surface area contributed by atoms with Crippen molar-refractivity contribution < 1.29 is 0 Å². The number of hydrogen-bond donors (Lipinski definition) is 1. The molecule has 0 aliphatic heterocycles. The largest absolute Gasteiger partial charge is 0.349 e. The first-order valence-electron chi connectivity index (χ1n) is 9.54. The van der Waals surface area contributed by atoms with Gasteiger partial charge in [-0.15, -0.1) is 8.58 Å². The van der Waals surface area contributed by atoms with Gasteiger partial charge in [-0.1, -0.05) is 78.6 Å². The molecule has 0 aliphatic rings. The maximum absolute atomic E-state index is 4.24. The van der Waals surface area contributed by atoms with E-state index in [2.05, 4.69) is 30.7 Å². The number of rotatable bonds is 13. The zero-order valence-corrected chi connectivity index (χ0v) is 16.3. The predicted octanol–water partition coefficient (Wildman–Crippen LogP) is 6.58. The van der Waals surface area contributed by atoms with E-state index in [4.69, 9.17) is 0 Å². The van der Waals surface area contributed by atoms with Crippen LogP contribution in [0.1, 0.15) is 90.8 Å². The zero-order valence-electron chi connectivity index (χ0n) is 15.3. The van der Waals surface area contributed by atoms with Crippen molar-refractivity contribution in [2.45, 2.75) is 91.4 Å². The fourth-order valence-electron chi connectivity index (χ4n) is 2.46. The number of H-pyrrole nitrogens is 1. The van der Waals surface area contributed by atoms with Gasteiger partial charge in [-0.2, -0.15) is 0 Å². The van der Waals surface area contributed by atoms with Gasteiger partial charge in [0.25, 0.3) is 0 Å². The number of imidazole rings is 1. The third-order valence-electron chi connectivity index (χ3n) is 3.82. The molecule has 0 aromatic carbocycles. The molecule has 22 heavy (non-hydrogen) atoms. The second kappa shape index (κ2) is 18.7. The summed E-state index contributed by atoms with van der Waals surface area (Å²) in [6.07, 6.45) is 21.6. The molecule has 0 atom stereocenters. The highest BCUT2D eigenvalue weighted by Gasteiger charge is 1.95. The number of aromatic nitrogens is 2. The van der Waals surface area contributed by atoms with E-state index in [0.717, 1.165) is 12.2 Å². The van der Waals surface area contributed by atoms with Crippen LogP contribution in [0.4, 0.5) is 0 Å². The highest BCUT2D eigenvalue weighted by Crippen LogP contribution is 2.11. The van der Waals surface area contributed by atoms with E-state index in [1.807, 2.05) is 12.4 Å². The highest BCUT2D eigenvalue weighted by molar-refractivity contribution is 7.37. The molecule has 1 heterocycles. The maximum atomic E-state index is 4.24. The summed E-state index contributed by atoms with van der Waals surface area (Å²) >= 11 is 0. The lowest BCUT2D eigenvalue weighted by Gasteiger charge is -2.01. The molecule has 0 spiro atoms. The lowest BCUT2D eigenvalue weighted by molar-refractivity contribution is 0.554. The van der Waals surface area contributed by atoms with E-state index in [0.29, 0.717) is 0 Å². The Morgan fingerprint density at radius 3 is 1.77 bits per heavy atom. The van der Waals surface area contributed by atoms with E-state index >= 15 is 0 Å². The normalized spacial score (nSPS) is 10.3. The molecular formula is C19H39N2P. The van der Waals surface area contributed by atoms with Gasteiger partial charge < -0.3 is 4.98 Å². The summed E-state index contributed by atoms with van der Waals surface area (Å²) in [5, 5.41) is 0. The zero-order chi connectivity index (χ0) is 16.3. The molecule has 1 aromatic heterocycles. The Bertz CT molecular complexity index is 284. The number of aryl methyl sites for hydroxylation is 1. The molecule has 0 radical (unpaired) electrons. The Labute approximate surface area is 141 Å². The average molecular weight is 327 g/mol. The number of nitrogens with zero attached hydrogens (tertiary/aromatic N) is 1. The van der Waals surface area contributed by atoms with Crippen LogP contribution in [0.15, 0.2) is 12.4 Å². The van der Waals surface area contributed by atoms with Gasteiger partial charge in [-0.05, 0) is 18.7 Å². The first kappa shape index (κ1) is 21.6. The van der Waals surface area contributed by atoms with Gasteiger partial charge in [-0.25, -0.2) is 4.98 Å². The summed E-state index contributed by atoms with van der Waals surface area (Å²) < 4.78 is 0. The van der Waals surface area contributed by atoms with Crippen LogP contribution in [0, 0.1) is 0 Å². The lowest BCUT2D eigenvalue weighted by Crippen LogP contribution is -1.88. The van der Waals surface area contributed by atoms with E-state index in [1.54, 1.807) is 0 Å². The van der Waals surface area contributed by atoms with Crippen LogP contribution >= 0.6 is 8.58 Å². The Kier molecular flexibility index (Phi) is 18.4. The van der Waals surface area contributed by atoms with Crippen molar-refractivity contribution in [3.8, 4) is 0 Å². The van der Waals surface area contributed by atoms with E-state index in [1.165, 1.54) is 85.1 Å². The Balaban J connectivity index is 0.000000763. The van der Waals surface area contributed by atoms with E-state index < -0.39 is 0 Å². The van der Waals surface area contributed by atoms with Gasteiger partial charge in [0.05, 0.1) is 0 Å².